The average molecular weight is 981 g/mol. The van der Waals surface area contributed by atoms with Crippen molar-refractivity contribution in [2.75, 3.05) is 61.1 Å². The SMILES string of the molecule is CCOC(=O)Cl.CN(C)CCCOc1cnc(-c2cccc(Cn3nc(-c4noc(=O)[nH]4)ccc3=O)c2)nc1.CN(C)CCCOc1cnc(-c2cccc(Cn3nc(/C(N)=N\O)ccc3=O)c2)nc1. The van der Waals surface area contributed by atoms with Crippen molar-refractivity contribution in [3.05, 3.63) is 146 Å². The van der Waals surface area contributed by atoms with Crippen LogP contribution in [0.3, 0.4) is 0 Å². The minimum absolute atomic E-state index is 0.153. The molecule has 5 heterocycles. The summed E-state index contributed by atoms with van der Waals surface area (Å²) in [5.74, 6) is 1.63. The highest BCUT2D eigenvalue weighted by atomic mass is 35.5. The first-order valence-electron chi connectivity index (χ1n) is 21.6. The number of carbonyl (C=O) groups excluding carboxylic acids is 1. The number of rotatable bonds is 19. The number of carbonyl (C=O) groups is 1. The lowest BCUT2D eigenvalue weighted by atomic mass is 10.1. The van der Waals surface area contributed by atoms with Gasteiger partial charge in [0.1, 0.15) is 11.4 Å². The zero-order valence-corrected chi connectivity index (χ0v) is 39.9. The Balaban J connectivity index is 0.000000234. The van der Waals surface area contributed by atoms with E-state index in [0.29, 0.717) is 48.7 Å². The maximum atomic E-state index is 12.3. The Bertz CT molecular complexity index is 2960. The molecule has 2 aromatic carbocycles. The number of aromatic nitrogens is 10. The number of halogens is 1. The first-order valence-corrected chi connectivity index (χ1v) is 22.0. The molecule has 0 atom stereocenters. The molecule has 24 heteroatoms. The van der Waals surface area contributed by atoms with E-state index in [1.807, 2.05) is 76.7 Å². The fourth-order valence-electron chi connectivity index (χ4n) is 6.08. The van der Waals surface area contributed by atoms with Gasteiger partial charge in [0, 0.05) is 48.0 Å². The number of ether oxygens (including phenoxy) is 3. The standard InChI is InChI=1S/C22H23N7O4.C21H25N7O3.C3H5ClO2/c1-28(2)9-4-10-32-17-12-23-20(24-13-17)16-6-3-5-15(11-16)14-29-19(30)8-7-18(26-29)21-25-22(31)33-27-21;1-27(2)9-4-10-31-17-12-23-21(24-13-17)16-6-3-5-15(11-16)14-28-19(29)8-7-18(25-28)20(22)26-30;1-2-6-3(4)5/h3,5-8,11-13H,4,9-10,14H2,1-2H3,(H,25,27,31);3,5-8,11-13,30H,4,9-10,14H2,1-2H3,(H2,22,26);2H2,1H3. The summed E-state index contributed by atoms with van der Waals surface area (Å²) in [4.78, 5) is 69.4. The molecule has 0 spiro atoms. The molecule has 0 aliphatic rings. The molecular formula is C46H53ClN14O9. The second-order valence-corrected chi connectivity index (χ2v) is 15.7. The number of nitrogens with one attached hydrogen (secondary N) is 1. The van der Waals surface area contributed by atoms with E-state index < -0.39 is 11.2 Å². The van der Waals surface area contributed by atoms with Gasteiger partial charge in [-0.05, 0) is 83.3 Å². The van der Waals surface area contributed by atoms with Crippen LogP contribution in [0.2, 0.25) is 0 Å². The molecule has 0 bridgehead atoms. The Kier molecular flexibility index (Phi) is 20.4. The smallest absolute Gasteiger partial charge is 0.439 e. The van der Waals surface area contributed by atoms with E-state index in [4.69, 9.17) is 32.0 Å². The highest BCUT2D eigenvalue weighted by molar-refractivity contribution is 6.61. The van der Waals surface area contributed by atoms with Gasteiger partial charge in [-0.3, -0.25) is 19.1 Å². The summed E-state index contributed by atoms with van der Waals surface area (Å²) < 4.78 is 22.6. The fraction of sp³-hybridized carbons (Fsp3) is 0.304. The Labute approximate surface area is 406 Å². The molecule has 4 N–H and O–H groups in total. The monoisotopic (exact) mass is 980 g/mol. The van der Waals surface area contributed by atoms with Crippen molar-refractivity contribution in [1.29, 1.82) is 0 Å². The largest absolute Gasteiger partial charge is 0.490 e. The van der Waals surface area contributed by atoms with E-state index >= 15 is 0 Å². The maximum Gasteiger partial charge on any atom is 0.439 e. The van der Waals surface area contributed by atoms with Crippen molar-refractivity contribution < 1.29 is 28.7 Å². The van der Waals surface area contributed by atoms with Crippen molar-refractivity contribution in [1.82, 2.24) is 59.4 Å². The summed E-state index contributed by atoms with van der Waals surface area (Å²) in [5, 5.41) is 23.7. The third-order valence-corrected chi connectivity index (χ3v) is 9.48. The van der Waals surface area contributed by atoms with Crippen LogP contribution in [0, 0.1) is 0 Å². The van der Waals surface area contributed by atoms with Crippen LogP contribution in [-0.4, -0.2) is 137 Å². The molecule has 23 nitrogen and oxygen atoms in total. The van der Waals surface area contributed by atoms with Gasteiger partial charge >= 0.3 is 11.2 Å². The second-order valence-electron chi connectivity index (χ2n) is 15.4. The number of nitrogens with zero attached hydrogens (tertiary/aromatic N) is 12. The number of benzene rings is 2. The molecule has 0 saturated heterocycles. The molecule has 0 aliphatic carbocycles. The van der Waals surface area contributed by atoms with Crippen LogP contribution in [-0.2, 0) is 17.8 Å². The van der Waals surface area contributed by atoms with Crippen molar-refractivity contribution >= 4 is 22.9 Å². The van der Waals surface area contributed by atoms with E-state index in [-0.39, 0.29) is 41.6 Å². The predicted octanol–water partition coefficient (Wildman–Crippen LogP) is 3.98. The summed E-state index contributed by atoms with van der Waals surface area (Å²) in [5.41, 5.74) is 8.04. The average Bonchev–Trinajstić information content (AvgIpc) is 3.79. The van der Waals surface area contributed by atoms with Crippen molar-refractivity contribution in [3.63, 3.8) is 0 Å². The quantitative estimate of drug-likeness (QED) is 0.0258. The van der Waals surface area contributed by atoms with E-state index in [1.165, 1.54) is 33.6 Å². The lowest BCUT2D eigenvalue weighted by molar-refractivity contribution is 0.180. The molecular weight excluding hydrogens is 928 g/mol. The lowest BCUT2D eigenvalue weighted by Gasteiger charge is -2.10. The molecule has 0 aliphatic heterocycles. The molecule has 7 aromatic rings. The summed E-state index contributed by atoms with van der Waals surface area (Å²) in [6.07, 6.45) is 8.44. The molecule has 0 amide bonds. The van der Waals surface area contributed by atoms with Crippen molar-refractivity contribution in [3.8, 4) is 45.8 Å². The van der Waals surface area contributed by atoms with Gasteiger partial charge in [0.25, 0.3) is 11.1 Å². The summed E-state index contributed by atoms with van der Waals surface area (Å²) in [6.45, 7) is 5.57. The maximum absolute atomic E-state index is 12.3. The third-order valence-electron chi connectivity index (χ3n) is 9.37. The van der Waals surface area contributed by atoms with E-state index in [1.54, 1.807) is 31.7 Å². The molecule has 0 radical (unpaired) electrons. The Morgan fingerprint density at radius 2 is 1.26 bits per heavy atom. The topological polar surface area (TPSA) is 290 Å². The van der Waals surface area contributed by atoms with Gasteiger partial charge in [-0.15, -0.1) is 0 Å². The number of oxime groups is 1. The Morgan fingerprint density at radius 1 is 0.757 bits per heavy atom. The molecule has 368 valence electrons. The van der Waals surface area contributed by atoms with Crippen LogP contribution in [0.25, 0.3) is 34.3 Å². The van der Waals surface area contributed by atoms with E-state index in [9.17, 15) is 19.2 Å². The van der Waals surface area contributed by atoms with E-state index in [0.717, 1.165) is 48.2 Å². The highest BCUT2D eigenvalue weighted by Gasteiger charge is 2.12. The summed E-state index contributed by atoms with van der Waals surface area (Å²) >= 11 is 4.72. The minimum Gasteiger partial charge on any atom is -0.490 e. The molecule has 0 saturated carbocycles. The normalized spacial score (nSPS) is 11.1. The molecule has 7 rings (SSSR count). The predicted molar refractivity (Wildman–Crippen MR) is 259 cm³/mol. The Hall–Kier alpha value is -8.15. The van der Waals surface area contributed by atoms with E-state index in [2.05, 4.69) is 64.5 Å². The number of H-pyrrole nitrogens is 1. The second kappa shape index (κ2) is 27.0. The van der Waals surface area contributed by atoms with Crippen LogP contribution in [0.1, 0.15) is 36.6 Å². The first kappa shape index (κ1) is 52.8. The Morgan fingerprint density at radius 3 is 1.69 bits per heavy atom. The van der Waals surface area contributed by atoms with Crippen LogP contribution >= 0.6 is 11.6 Å². The number of nitrogens with two attached hydrogens (primary N) is 1. The molecule has 0 fully saturated rings. The van der Waals surface area contributed by atoms with Gasteiger partial charge in [-0.25, -0.2) is 38.9 Å². The molecule has 5 aromatic heterocycles. The molecule has 70 heavy (non-hydrogen) atoms. The van der Waals surface area contributed by atoms with Crippen molar-refractivity contribution in [2.45, 2.75) is 32.9 Å². The van der Waals surface area contributed by atoms with Crippen LogP contribution < -0.4 is 32.1 Å². The number of amidine groups is 1. The number of hydrogen-bond acceptors (Lipinski definition) is 19. The zero-order valence-electron chi connectivity index (χ0n) is 39.1. The first-order chi connectivity index (χ1) is 33.7. The van der Waals surface area contributed by atoms with Gasteiger partial charge in [0.2, 0.25) is 5.82 Å². The third kappa shape index (κ3) is 17.2. The highest BCUT2D eigenvalue weighted by Crippen LogP contribution is 2.20. The number of hydrogen-bond donors (Lipinski definition) is 3. The lowest BCUT2D eigenvalue weighted by Crippen LogP contribution is -2.27. The van der Waals surface area contributed by atoms with Gasteiger partial charge in [0.05, 0.1) is 57.7 Å². The van der Waals surface area contributed by atoms with Crippen LogP contribution in [0.4, 0.5) is 4.79 Å². The number of aromatic amines is 1. The molecule has 0 unspecified atom stereocenters. The zero-order chi connectivity index (χ0) is 50.4. The van der Waals surface area contributed by atoms with Gasteiger partial charge in [-0.1, -0.05) is 46.7 Å². The summed E-state index contributed by atoms with van der Waals surface area (Å²) in [7, 11) is 8.09. The van der Waals surface area contributed by atoms with Crippen molar-refractivity contribution in [2.24, 2.45) is 10.9 Å². The summed E-state index contributed by atoms with van der Waals surface area (Å²) in [6, 6.07) is 20.6. The van der Waals surface area contributed by atoms with Gasteiger partial charge < -0.3 is 35.0 Å². The van der Waals surface area contributed by atoms with Crippen LogP contribution in [0.15, 0.2) is 122 Å². The van der Waals surface area contributed by atoms with Gasteiger partial charge in [-0.2, -0.15) is 10.2 Å². The van der Waals surface area contributed by atoms with Crippen LogP contribution in [0.5, 0.6) is 11.5 Å². The fourth-order valence-corrected chi connectivity index (χ4v) is 6.19. The van der Waals surface area contributed by atoms with Gasteiger partial charge in [0.15, 0.2) is 29.0 Å². The minimum atomic E-state index is -0.738.